The first-order valence-electron chi connectivity index (χ1n) is 6.35. The van der Waals surface area contributed by atoms with E-state index in [0.717, 1.165) is 23.1 Å². The smallest absolute Gasteiger partial charge is 0.103 e. The highest BCUT2D eigenvalue weighted by Gasteiger charge is 2.21. The van der Waals surface area contributed by atoms with Gasteiger partial charge in [-0.2, -0.15) is 0 Å². The topological polar surface area (TPSA) is 38.9 Å². The Bertz CT molecular complexity index is 565. The van der Waals surface area contributed by atoms with Crippen LogP contribution >= 0.6 is 39.0 Å². The quantitative estimate of drug-likeness (QED) is 0.822. The molecule has 5 heteroatoms. The third-order valence-electron chi connectivity index (χ3n) is 3.21. The number of thiazole rings is 1. The van der Waals surface area contributed by atoms with Crippen LogP contribution < -0.4 is 5.73 Å². The number of thioether (sulfide) groups is 1. The summed E-state index contributed by atoms with van der Waals surface area (Å²) in [5.74, 6) is 0.937. The number of aryl methyl sites for hydroxylation is 1. The molecule has 2 nitrogen and oxygen atoms in total. The molecule has 0 radical (unpaired) electrons. The van der Waals surface area contributed by atoms with Gasteiger partial charge in [0, 0.05) is 20.3 Å². The Morgan fingerprint density at radius 2 is 2.16 bits per heavy atom. The second kappa shape index (κ2) is 5.95. The lowest BCUT2D eigenvalue weighted by Gasteiger charge is -2.15. The number of halogens is 1. The van der Waals surface area contributed by atoms with Crippen molar-refractivity contribution in [2.45, 2.75) is 36.0 Å². The lowest BCUT2D eigenvalue weighted by atomic mass is 9.99. The van der Waals surface area contributed by atoms with Crippen LogP contribution in [0.15, 0.2) is 33.6 Å². The Kier molecular flexibility index (Phi) is 4.27. The molecule has 1 aliphatic carbocycles. The van der Waals surface area contributed by atoms with Gasteiger partial charge in [-0.15, -0.1) is 23.1 Å². The zero-order valence-corrected chi connectivity index (χ0v) is 13.7. The molecule has 1 atom stereocenters. The molecule has 1 aromatic carbocycles. The molecule has 2 aromatic rings. The van der Waals surface area contributed by atoms with Crippen molar-refractivity contribution in [1.29, 1.82) is 0 Å². The van der Waals surface area contributed by atoms with Gasteiger partial charge in [-0.1, -0.05) is 15.9 Å². The summed E-state index contributed by atoms with van der Waals surface area (Å²) in [6.45, 7) is 0. The van der Waals surface area contributed by atoms with Crippen LogP contribution in [0.1, 0.15) is 34.5 Å². The highest BCUT2D eigenvalue weighted by molar-refractivity contribution is 9.10. The molecule has 19 heavy (non-hydrogen) atoms. The van der Waals surface area contributed by atoms with Crippen LogP contribution in [0.3, 0.4) is 0 Å². The van der Waals surface area contributed by atoms with Gasteiger partial charge in [-0.25, -0.2) is 4.98 Å². The zero-order valence-electron chi connectivity index (χ0n) is 10.4. The van der Waals surface area contributed by atoms with Crippen molar-refractivity contribution in [2.75, 3.05) is 0 Å². The Hall–Kier alpha value is -0.360. The summed E-state index contributed by atoms with van der Waals surface area (Å²) >= 11 is 7.09. The molecule has 0 spiro atoms. The van der Waals surface area contributed by atoms with Crippen molar-refractivity contribution >= 4 is 39.0 Å². The average Bonchev–Trinajstić information content (AvgIpc) is 2.83. The van der Waals surface area contributed by atoms with E-state index in [1.165, 1.54) is 26.9 Å². The molecule has 0 aliphatic heterocycles. The molecular weight excluding hydrogens is 340 g/mol. The molecule has 0 fully saturated rings. The van der Waals surface area contributed by atoms with Gasteiger partial charge in [-0.3, -0.25) is 0 Å². The Labute approximate surface area is 129 Å². The van der Waals surface area contributed by atoms with Crippen molar-refractivity contribution in [3.8, 4) is 0 Å². The molecular formula is C14H15BrN2S2. The van der Waals surface area contributed by atoms with Crippen LogP contribution in [0.4, 0.5) is 0 Å². The summed E-state index contributed by atoms with van der Waals surface area (Å²) in [7, 11) is 0. The number of hydrogen-bond donors (Lipinski definition) is 1. The lowest BCUT2D eigenvalue weighted by molar-refractivity contribution is 0.573. The van der Waals surface area contributed by atoms with Crippen LogP contribution in [0.2, 0.25) is 0 Å². The van der Waals surface area contributed by atoms with E-state index in [1.807, 2.05) is 11.8 Å². The fourth-order valence-corrected chi connectivity index (χ4v) is 4.55. The van der Waals surface area contributed by atoms with Gasteiger partial charge >= 0.3 is 0 Å². The largest absolute Gasteiger partial charge is 0.323 e. The highest BCUT2D eigenvalue weighted by atomic mass is 79.9. The fourth-order valence-electron chi connectivity index (χ4n) is 2.24. The van der Waals surface area contributed by atoms with E-state index in [-0.39, 0.29) is 6.04 Å². The summed E-state index contributed by atoms with van der Waals surface area (Å²) in [5.41, 5.74) is 7.39. The molecule has 100 valence electrons. The number of benzene rings is 1. The molecule has 1 aliphatic rings. The monoisotopic (exact) mass is 354 g/mol. The third kappa shape index (κ3) is 3.21. The van der Waals surface area contributed by atoms with Crippen molar-refractivity contribution < 1.29 is 0 Å². The van der Waals surface area contributed by atoms with Gasteiger partial charge in [0.25, 0.3) is 0 Å². The maximum atomic E-state index is 6.14. The molecule has 0 bridgehead atoms. The number of fused-ring (bicyclic) bond motifs is 1. The number of aromatic nitrogens is 1. The molecule has 1 aromatic heterocycles. The Morgan fingerprint density at radius 3 is 2.89 bits per heavy atom. The van der Waals surface area contributed by atoms with E-state index in [9.17, 15) is 0 Å². The predicted molar refractivity (Wildman–Crippen MR) is 85.7 cm³/mol. The maximum Gasteiger partial charge on any atom is 0.103 e. The second-order valence-corrected chi connectivity index (χ2v) is 7.74. The van der Waals surface area contributed by atoms with Crippen molar-refractivity contribution in [1.82, 2.24) is 4.98 Å². The van der Waals surface area contributed by atoms with Gasteiger partial charge in [0.05, 0.1) is 11.4 Å². The summed E-state index contributed by atoms with van der Waals surface area (Å²) in [5, 5.41) is 1.20. The molecule has 0 saturated carbocycles. The van der Waals surface area contributed by atoms with E-state index in [2.05, 4.69) is 40.2 Å². The number of nitrogens with two attached hydrogens (primary N) is 1. The van der Waals surface area contributed by atoms with Crippen molar-refractivity contribution in [3.05, 3.63) is 44.3 Å². The van der Waals surface area contributed by atoms with Crippen LogP contribution in [-0.2, 0) is 12.2 Å². The molecule has 0 amide bonds. The van der Waals surface area contributed by atoms with E-state index in [4.69, 9.17) is 10.7 Å². The van der Waals surface area contributed by atoms with E-state index in [1.54, 1.807) is 11.3 Å². The van der Waals surface area contributed by atoms with Crippen LogP contribution in [-0.4, -0.2) is 4.98 Å². The summed E-state index contributed by atoms with van der Waals surface area (Å²) in [6, 6.07) is 8.63. The first-order valence-corrected chi connectivity index (χ1v) is 8.94. The van der Waals surface area contributed by atoms with Gasteiger partial charge in [0.2, 0.25) is 0 Å². The molecule has 1 heterocycles. The summed E-state index contributed by atoms with van der Waals surface area (Å²) in [6.07, 6.45) is 3.38. The highest BCUT2D eigenvalue weighted by Crippen LogP contribution is 2.35. The van der Waals surface area contributed by atoms with Crippen molar-refractivity contribution in [2.24, 2.45) is 5.73 Å². The normalized spacial score (nSPS) is 18.3. The van der Waals surface area contributed by atoms with E-state index in [0.29, 0.717) is 0 Å². The minimum absolute atomic E-state index is 0.215. The van der Waals surface area contributed by atoms with Crippen LogP contribution in [0.5, 0.6) is 0 Å². The predicted octanol–water partition coefficient (Wildman–Crippen LogP) is 4.53. The minimum atomic E-state index is 0.215. The first-order chi connectivity index (χ1) is 9.22. The summed E-state index contributed by atoms with van der Waals surface area (Å²) < 4.78 is 1.12. The average molecular weight is 355 g/mol. The van der Waals surface area contributed by atoms with Gasteiger partial charge in [0.1, 0.15) is 5.01 Å². The number of hydrogen-bond acceptors (Lipinski definition) is 4. The summed E-state index contributed by atoms with van der Waals surface area (Å²) in [4.78, 5) is 7.34. The van der Waals surface area contributed by atoms with E-state index < -0.39 is 0 Å². The third-order valence-corrected chi connectivity index (χ3v) is 6.18. The molecule has 0 saturated heterocycles. The Balaban J connectivity index is 1.69. The van der Waals surface area contributed by atoms with Crippen molar-refractivity contribution in [3.63, 3.8) is 0 Å². The lowest BCUT2D eigenvalue weighted by Crippen LogP contribution is -2.15. The fraction of sp³-hybridized carbons (Fsp3) is 0.357. The Morgan fingerprint density at radius 1 is 1.37 bits per heavy atom. The van der Waals surface area contributed by atoms with Crippen LogP contribution in [0.25, 0.3) is 0 Å². The standard InChI is InChI=1S/C14H15BrN2S2/c15-9-4-6-10(7-5-9)18-8-13-17-12-3-1-2-11(16)14(12)19-13/h4-7,11H,1-3,8,16H2. The first kappa shape index (κ1) is 13.6. The van der Waals surface area contributed by atoms with Gasteiger partial charge in [-0.05, 0) is 43.5 Å². The van der Waals surface area contributed by atoms with Gasteiger partial charge < -0.3 is 5.73 Å². The molecule has 1 unspecified atom stereocenters. The van der Waals surface area contributed by atoms with Gasteiger partial charge in [0.15, 0.2) is 0 Å². The minimum Gasteiger partial charge on any atom is -0.323 e. The number of rotatable bonds is 3. The second-order valence-electron chi connectivity index (χ2n) is 4.66. The van der Waals surface area contributed by atoms with E-state index >= 15 is 0 Å². The maximum absolute atomic E-state index is 6.14. The SMILES string of the molecule is NC1CCCc2nc(CSc3ccc(Br)cc3)sc21. The molecule has 3 rings (SSSR count). The number of nitrogens with zero attached hydrogens (tertiary/aromatic N) is 1. The zero-order chi connectivity index (χ0) is 13.2. The molecule has 2 N–H and O–H groups in total. The van der Waals surface area contributed by atoms with Crippen LogP contribution in [0, 0.1) is 0 Å².